The molecule has 3 rings (SSSR count). The van der Waals surface area contributed by atoms with Crippen molar-refractivity contribution in [2.75, 3.05) is 31.9 Å². The van der Waals surface area contributed by atoms with Gasteiger partial charge in [-0.05, 0) is 56.6 Å². The molecule has 0 aliphatic carbocycles. The number of piperidine rings is 1. The van der Waals surface area contributed by atoms with Crippen LogP contribution in [0.2, 0.25) is 0 Å². The van der Waals surface area contributed by atoms with Crippen LogP contribution in [0, 0.1) is 5.92 Å². The summed E-state index contributed by atoms with van der Waals surface area (Å²) < 4.78 is 24.3. The minimum Gasteiger partial charge on any atom is -0.309 e. The summed E-state index contributed by atoms with van der Waals surface area (Å²) in [5.74, 6) is 0.878. The van der Waals surface area contributed by atoms with Crippen molar-refractivity contribution in [2.45, 2.75) is 30.7 Å². The van der Waals surface area contributed by atoms with E-state index < -0.39 is 9.84 Å². The highest BCUT2D eigenvalue weighted by molar-refractivity contribution is 7.91. The van der Waals surface area contributed by atoms with Gasteiger partial charge in [-0.25, -0.2) is 8.42 Å². The van der Waals surface area contributed by atoms with Gasteiger partial charge in [0.2, 0.25) is 0 Å². The standard InChI is InChI=1S/C16H24N2O2S/c1-2-18-9-7-13(8-10-18)11-17-15-12-21(19,20)16-6-4-3-5-14(15)16/h3-6,13,15,17H,2,7-12H2,1H3. The fraction of sp³-hybridized carbons (Fsp3) is 0.625. The summed E-state index contributed by atoms with van der Waals surface area (Å²) in [4.78, 5) is 2.99. The molecule has 0 aromatic heterocycles. The van der Waals surface area contributed by atoms with Crippen molar-refractivity contribution in [3.63, 3.8) is 0 Å². The van der Waals surface area contributed by atoms with E-state index in [1.165, 1.54) is 25.9 Å². The molecule has 0 saturated carbocycles. The first kappa shape index (κ1) is 15.0. The number of rotatable bonds is 4. The molecular weight excluding hydrogens is 284 g/mol. The Bertz CT molecular complexity index is 592. The zero-order valence-corrected chi connectivity index (χ0v) is 13.4. The van der Waals surface area contributed by atoms with Crippen LogP contribution in [0.25, 0.3) is 0 Å². The zero-order valence-electron chi connectivity index (χ0n) is 12.6. The van der Waals surface area contributed by atoms with Crippen molar-refractivity contribution in [3.8, 4) is 0 Å². The molecule has 1 unspecified atom stereocenters. The Morgan fingerprint density at radius 1 is 1.24 bits per heavy atom. The lowest BCUT2D eigenvalue weighted by Gasteiger charge is -2.31. The molecular formula is C16H24N2O2S. The number of benzene rings is 1. The van der Waals surface area contributed by atoms with E-state index in [0.717, 1.165) is 18.7 Å². The second-order valence-corrected chi connectivity index (χ2v) is 8.16. The average Bonchev–Trinajstić information content (AvgIpc) is 2.77. The summed E-state index contributed by atoms with van der Waals surface area (Å²) in [5.41, 5.74) is 0.948. The van der Waals surface area contributed by atoms with Crippen LogP contribution in [0.4, 0.5) is 0 Å². The lowest BCUT2D eigenvalue weighted by molar-refractivity contribution is 0.188. The SMILES string of the molecule is CCN1CCC(CNC2CS(=O)(=O)c3ccccc32)CC1. The van der Waals surface area contributed by atoms with Crippen LogP contribution >= 0.6 is 0 Å². The van der Waals surface area contributed by atoms with Crippen molar-refractivity contribution in [1.29, 1.82) is 0 Å². The first-order valence-corrected chi connectivity index (χ1v) is 9.53. The van der Waals surface area contributed by atoms with Gasteiger partial charge in [-0.1, -0.05) is 25.1 Å². The third kappa shape index (κ3) is 3.15. The molecule has 1 saturated heterocycles. The maximum Gasteiger partial charge on any atom is 0.180 e. The van der Waals surface area contributed by atoms with Crippen molar-refractivity contribution >= 4 is 9.84 Å². The Hall–Kier alpha value is -0.910. The van der Waals surface area contributed by atoms with Gasteiger partial charge >= 0.3 is 0 Å². The number of nitrogens with zero attached hydrogens (tertiary/aromatic N) is 1. The number of likely N-dealkylation sites (tertiary alicyclic amines) is 1. The summed E-state index contributed by atoms with van der Waals surface area (Å²) >= 11 is 0. The molecule has 1 aromatic carbocycles. The third-order valence-electron chi connectivity index (χ3n) is 4.82. The van der Waals surface area contributed by atoms with Gasteiger partial charge in [-0.15, -0.1) is 0 Å². The van der Waals surface area contributed by atoms with Crippen LogP contribution in [-0.4, -0.2) is 45.2 Å². The molecule has 2 heterocycles. The van der Waals surface area contributed by atoms with Crippen LogP contribution in [0.5, 0.6) is 0 Å². The molecule has 0 radical (unpaired) electrons. The van der Waals surface area contributed by atoms with Gasteiger partial charge in [0.05, 0.1) is 10.6 Å². The van der Waals surface area contributed by atoms with Crippen LogP contribution in [0.3, 0.4) is 0 Å². The highest BCUT2D eigenvalue weighted by Crippen LogP contribution is 2.33. The molecule has 0 amide bonds. The monoisotopic (exact) mass is 308 g/mol. The molecule has 1 fully saturated rings. The molecule has 1 aromatic rings. The Labute approximate surface area is 127 Å². The predicted octanol–water partition coefficient (Wildman–Crippen LogP) is 1.84. The third-order valence-corrected chi connectivity index (χ3v) is 6.64. The molecule has 1 N–H and O–H groups in total. The van der Waals surface area contributed by atoms with Gasteiger partial charge in [0.25, 0.3) is 0 Å². The van der Waals surface area contributed by atoms with Gasteiger partial charge in [-0.2, -0.15) is 0 Å². The predicted molar refractivity (Wildman–Crippen MR) is 84.1 cm³/mol. The molecule has 21 heavy (non-hydrogen) atoms. The molecule has 116 valence electrons. The fourth-order valence-electron chi connectivity index (χ4n) is 3.44. The van der Waals surface area contributed by atoms with Crippen molar-refractivity contribution in [3.05, 3.63) is 29.8 Å². The van der Waals surface area contributed by atoms with Gasteiger partial charge < -0.3 is 10.2 Å². The highest BCUT2D eigenvalue weighted by atomic mass is 32.2. The summed E-state index contributed by atoms with van der Waals surface area (Å²) in [5, 5.41) is 3.50. The maximum atomic E-state index is 12.1. The lowest BCUT2D eigenvalue weighted by atomic mass is 9.96. The van der Waals surface area contributed by atoms with E-state index in [9.17, 15) is 8.42 Å². The van der Waals surface area contributed by atoms with E-state index in [4.69, 9.17) is 0 Å². The van der Waals surface area contributed by atoms with Gasteiger partial charge in [0.1, 0.15) is 0 Å². The Morgan fingerprint density at radius 2 is 1.95 bits per heavy atom. The quantitative estimate of drug-likeness (QED) is 0.922. The number of sulfone groups is 1. The van der Waals surface area contributed by atoms with E-state index in [0.29, 0.717) is 10.8 Å². The maximum absolute atomic E-state index is 12.1. The summed E-state index contributed by atoms with van der Waals surface area (Å²) in [6.45, 7) is 6.60. The molecule has 2 aliphatic heterocycles. The molecule has 5 heteroatoms. The summed E-state index contributed by atoms with van der Waals surface area (Å²) in [6, 6.07) is 7.37. The van der Waals surface area contributed by atoms with Crippen LogP contribution in [0.15, 0.2) is 29.2 Å². The lowest BCUT2D eigenvalue weighted by Crippen LogP contribution is -2.38. The Balaban J connectivity index is 1.60. The van der Waals surface area contributed by atoms with Crippen molar-refractivity contribution in [1.82, 2.24) is 10.2 Å². The fourth-order valence-corrected chi connectivity index (χ4v) is 5.21. The highest BCUT2D eigenvalue weighted by Gasteiger charge is 2.34. The number of hydrogen-bond acceptors (Lipinski definition) is 4. The topological polar surface area (TPSA) is 49.4 Å². The minimum atomic E-state index is -3.09. The second-order valence-electron chi connectivity index (χ2n) is 6.16. The van der Waals surface area contributed by atoms with Gasteiger partial charge in [0.15, 0.2) is 9.84 Å². The van der Waals surface area contributed by atoms with Gasteiger partial charge in [0, 0.05) is 6.04 Å². The smallest absolute Gasteiger partial charge is 0.180 e. The van der Waals surface area contributed by atoms with E-state index in [1.54, 1.807) is 12.1 Å². The molecule has 4 nitrogen and oxygen atoms in total. The Morgan fingerprint density at radius 3 is 2.67 bits per heavy atom. The molecule has 0 spiro atoms. The van der Waals surface area contributed by atoms with Crippen LogP contribution in [-0.2, 0) is 9.84 Å². The normalized spacial score (nSPS) is 25.9. The van der Waals surface area contributed by atoms with E-state index in [1.807, 2.05) is 12.1 Å². The molecule has 2 aliphatic rings. The molecule has 1 atom stereocenters. The van der Waals surface area contributed by atoms with Crippen LogP contribution in [0.1, 0.15) is 31.4 Å². The van der Waals surface area contributed by atoms with E-state index >= 15 is 0 Å². The van der Waals surface area contributed by atoms with Crippen molar-refractivity contribution in [2.24, 2.45) is 5.92 Å². The first-order valence-electron chi connectivity index (χ1n) is 7.87. The van der Waals surface area contributed by atoms with E-state index in [2.05, 4.69) is 17.1 Å². The van der Waals surface area contributed by atoms with Gasteiger partial charge in [-0.3, -0.25) is 0 Å². The average molecular weight is 308 g/mol. The Kier molecular flexibility index (Phi) is 4.33. The number of hydrogen-bond donors (Lipinski definition) is 1. The first-order chi connectivity index (χ1) is 10.1. The summed E-state index contributed by atoms with van der Waals surface area (Å²) in [7, 11) is -3.09. The summed E-state index contributed by atoms with van der Waals surface area (Å²) in [6.07, 6.45) is 2.42. The largest absolute Gasteiger partial charge is 0.309 e. The van der Waals surface area contributed by atoms with Crippen LogP contribution < -0.4 is 5.32 Å². The zero-order chi connectivity index (χ0) is 14.9. The number of nitrogens with one attached hydrogen (secondary N) is 1. The van der Waals surface area contributed by atoms with E-state index in [-0.39, 0.29) is 11.8 Å². The minimum absolute atomic E-state index is 0.0320. The second kappa shape index (κ2) is 6.07. The number of fused-ring (bicyclic) bond motifs is 1. The molecule has 0 bridgehead atoms. The van der Waals surface area contributed by atoms with Crippen molar-refractivity contribution < 1.29 is 8.42 Å².